The van der Waals surface area contributed by atoms with Crippen molar-refractivity contribution in [3.05, 3.63) is 76.0 Å². The van der Waals surface area contributed by atoms with Gasteiger partial charge in [0.1, 0.15) is 52.6 Å². The molecule has 0 saturated carbocycles. The molecule has 14 heteroatoms. The fraction of sp³-hybridized carbons (Fsp3) is 0.226. The maximum absolute atomic E-state index is 13.2. The van der Waals surface area contributed by atoms with Gasteiger partial charge in [0.05, 0.1) is 19.3 Å². The van der Waals surface area contributed by atoms with Crippen molar-refractivity contribution in [2.45, 2.75) is 30.5 Å². The first-order chi connectivity index (χ1) is 21.4. The highest BCUT2D eigenvalue weighted by Gasteiger charge is 2.49. The number of phenols is 5. The molecule has 0 aliphatic carbocycles. The lowest BCUT2D eigenvalue weighted by molar-refractivity contribution is -0.240. The second-order valence-corrected chi connectivity index (χ2v) is 10.1. The van der Waals surface area contributed by atoms with Gasteiger partial charge in [0.25, 0.3) is 0 Å². The van der Waals surface area contributed by atoms with Crippen LogP contribution < -0.4 is 10.2 Å². The molecule has 45 heavy (non-hydrogen) atoms. The van der Waals surface area contributed by atoms with E-state index in [4.69, 9.17) is 18.6 Å². The van der Waals surface area contributed by atoms with Crippen molar-refractivity contribution < 1.29 is 64.3 Å². The summed E-state index contributed by atoms with van der Waals surface area (Å²) in [5.41, 5.74) is -0.971. The molecular formula is C31H28O14. The number of aliphatic hydroxyl groups is 3. The molecule has 14 nitrogen and oxygen atoms in total. The van der Waals surface area contributed by atoms with Crippen LogP contribution in [0.25, 0.3) is 28.4 Å². The van der Waals surface area contributed by atoms with Crippen molar-refractivity contribution in [2.75, 3.05) is 13.7 Å². The molecule has 1 fully saturated rings. The molecule has 8 N–H and O–H groups in total. The summed E-state index contributed by atoms with van der Waals surface area (Å²) in [7, 11) is 1.34. The number of hydrogen-bond acceptors (Lipinski definition) is 14. The Labute approximate surface area is 253 Å². The van der Waals surface area contributed by atoms with Crippen molar-refractivity contribution in [3.8, 4) is 45.8 Å². The minimum atomic E-state index is -1.89. The SMILES string of the molecule is COc1cc(C=CC(=O)OC2C(c3c(O)cc4oc(-c5ccc(O)c(O)c5)cc(=O)c4c3O)OC(CO)C(O)C2O)ccc1O. The summed E-state index contributed by atoms with van der Waals surface area (Å²) in [4.78, 5) is 26.0. The van der Waals surface area contributed by atoms with Crippen molar-refractivity contribution >= 4 is 23.0 Å². The standard InChI is InChI=1S/C31H28O14/c1-42-21-8-13(2-5-16(21)34)3-7-24(38)45-31-29(41)27(39)23(12-32)44-30(31)26-19(37)11-22-25(28(26)40)18(36)10-20(43-22)14-4-6-15(33)17(35)9-14/h2-11,23,27,29-35,37,39-41H,12H2,1H3. The Bertz CT molecular complexity index is 1840. The number of benzene rings is 3. The molecule has 236 valence electrons. The monoisotopic (exact) mass is 624 g/mol. The fourth-order valence-corrected chi connectivity index (χ4v) is 4.99. The highest BCUT2D eigenvalue weighted by atomic mass is 16.6. The van der Waals surface area contributed by atoms with Crippen LogP contribution in [-0.4, -0.2) is 85.0 Å². The Balaban J connectivity index is 1.53. The number of fused-ring (bicyclic) bond motifs is 1. The molecule has 1 saturated heterocycles. The van der Waals surface area contributed by atoms with Gasteiger partial charge in [-0.25, -0.2) is 4.79 Å². The fourth-order valence-electron chi connectivity index (χ4n) is 4.99. The number of esters is 1. The first-order valence-electron chi connectivity index (χ1n) is 13.4. The van der Waals surface area contributed by atoms with Gasteiger partial charge in [-0.05, 0) is 42.0 Å². The quantitative estimate of drug-likeness (QED) is 0.0831. The van der Waals surface area contributed by atoms with Crippen LogP contribution in [0.4, 0.5) is 0 Å². The van der Waals surface area contributed by atoms with Crippen LogP contribution in [0.1, 0.15) is 17.2 Å². The van der Waals surface area contributed by atoms with Crippen LogP contribution in [0.3, 0.4) is 0 Å². The van der Waals surface area contributed by atoms with Crippen LogP contribution in [0.5, 0.6) is 34.5 Å². The molecule has 0 amide bonds. The van der Waals surface area contributed by atoms with Crippen LogP contribution >= 0.6 is 0 Å². The lowest BCUT2D eigenvalue weighted by Gasteiger charge is -2.42. The van der Waals surface area contributed by atoms with E-state index in [1.54, 1.807) is 0 Å². The summed E-state index contributed by atoms with van der Waals surface area (Å²) in [6.45, 7) is -0.807. The lowest BCUT2D eigenvalue weighted by Crippen LogP contribution is -2.56. The zero-order valence-electron chi connectivity index (χ0n) is 23.4. The molecule has 1 aliphatic rings. The van der Waals surface area contributed by atoms with Crippen LogP contribution in [-0.2, 0) is 14.3 Å². The van der Waals surface area contributed by atoms with Gasteiger partial charge >= 0.3 is 5.97 Å². The Morgan fingerprint density at radius 1 is 0.911 bits per heavy atom. The molecule has 2 heterocycles. The molecule has 1 aromatic heterocycles. The van der Waals surface area contributed by atoms with E-state index in [0.717, 1.165) is 24.3 Å². The molecule has 3 aromatic carbocycles. The van der Waals surface area contributed by atoms with Gasteiger partial charge < -0.3 is 59.5 Å². The second-order valence-electron chi connectivity index (χ2n) is 10.1. The number of carbonyl (C=O) groups excluding carboxylic acids is 1. The molecular weight excluding hydrogens is 596 g/mol. The van der Waals surface area contributed by atoms with E-state index in [2.05, 4.69) is 0 Å². The molecule has 0 spiro atoms. The molecule has 5 rings (SSSR count). The third-order valence-corrected chi connectivity index (χ3v) is 7.29. The topological polar surface area (TPSA) is 237 Å². The van der Waals surface area contributed by atoms with Gasteiger partial charge in [0, 0.05) is 23.8 Å². The molecule has 1 aliphatic heterocycles. The number of phenolic OH excluding ortho intramolecular Hbond substituents is 5. The highest BCUT2D eigenvalue weighted by Crippen LogP contribution is 2.45. The summed E-state index contributed by atoms with van der Waals surface area (Å²) in [5, 5.41) is 82.1. The van der Waals surface area contributed by atoms with Gasteiger partial charge in [-0.3, -0.25) is 4.79 Å². The highest BCUT2D eigenvalue weighted by molar-refractivity contribution is 5.89. The maximum Gasteiger partial charge on any atom is 0.331 e. The van der Waals surface area contributed by atoms with E-state index >= 15 is 0 Å². The normalized spacial score (nSPS) is 21.6. The largest absolute Gasteiger partial charge is 0.507 e. The summed E-state index contributed by atoms with van der Waals surface area (Å²) >= 11 is 0. The molecule has 5 atom stereocenters. The van der Waals surface area contributed by atoms with Gasteiger partial charge in [-0.2, -0.15) is 0 Å². The van der Waals surface area contributed by atoms with Gasteiger partial charge in [-0.15, -0.1) is 0 Å². The Morgan fingerprint density at radius 2 is 1.64 bits per heavy atom. The third-order valence-electron chi connectivity index (χ3n) is 7.29. The lowest BCUT2D eigenvalue weighted by atomic mass is 9.89. The predicted octanol–water partition coefficient (Wildman–Crippen LogP) is 1.78. The summed E-state index contributed by atoms with van der Waals surface area (Å²) in [5.74, 6) is -3.57. The van der Waals surface area contributed by atoms with E-state index in [0.29, 0.717) is 5.56 Å². The first-order valence-corrected chi connectivity index (χ1v) is 13.4. The van der Waals surface area contributed by atoms with Crippen LogP contribution in [0, 0.1) is 0 Å². The summed E-state index contributed by atoms with van der Waals surface area (Å²) in [6, 6.07) is 9.88. The van der Waals surface area contributed by atoms with Gasteiger partial charge in [0.15, 0.2) is 34.5 Å². The third kappa shape index (κ3) is 5.94. The zero-order valence-corrected chi connectivity index (χ0v) is 23.4. The molecule has 5 unspecified atom stereocenters. The molecule has 0 bridgehead atoms. The molecule has 0 radical (unpaired) electrons. The predicted molar refractivity (Wildman–Crippen MR) is 155 cm³/mol. The van der Waals surface area contributed by atoms with E-state index in [1.165, 1.54) is 43.5 Å². The number of aromatic hydroxyl groups is 5. The number of rotatable bonds is 7. The second kappa shape index (κ2) is 12.4. The number of carbonyl (C=O) groups is 1. The van der Waals surface area contributed by atoms with E-state index in [-0.39, 0.29) is 28.4 Å². The average Bonchev–Trinajstić information content (AvgIpc) is 3.00. The Morgan fingerprint density at radius 3 is 2.33 bits per heavy atom. The van der Waals surface area contributed by atoms with Gasteiger partial charge in [0.2, 0.25) is 0 Å². The Hall–Kier alpha value is -5.28. The smallest absolute Gasteiger partial charge is 0.331 e. The van der Waals surface area contributed by atoms with Crippen molar-refractivity contribution in [1.82, 2.24) is 0 Å². The summed E-state index contributed by atoms with van der Waals surface area (Å²) in [6.07, 6.45) is -6.29. The number of hydrogen-bond donors (Lipinski definition) is 8. The van der Waals surface area contributed by atoms with E-state index in [9.17, 15) is 50.4 Å². The van der Waals surface area contributed by atoms with Crippen molar-refractivity contribution in [3.63, 3.8) is 0 Å². The summed E-state index contributed by atoms with van der Waals surface area (Å²) < 4.78 is 21.8. The van der Waals surface area contributed by atoms with E-state index in [1.807, 2.05) is 0 Å². The number of aliphatic hydroxyl groups excluding tert-OH is 3. The maximum atomic E-state index is 13.2. The number of methoxy groups -OCH3 is 1. The first kappa shape index (κ1) is 31.2. The molecule has 4 aromatic rings. The van der Waals surface area contributed by atoms with Crippen LogP contribution in [0.2, 0.25) is 0 Å². The van der Waals surface area contributed by atoms with Crippen LogP contribution in [0.15, 0.2) is 63.8 Å². The van der Waals surface area contributed by atoms with Gasteiger partial charge in [-0.1, -0.05) is 6.07 Å². The van der Waals surface area contributed by atoms with Crippen molar-refractivity contribution in [1.29, 1.82) is 0 Å². The minimum absolute atomic E-state index is 0.0769. The van der Waals surface area contributed by atoms with E-state index < -0.39 is 82.5 Å². The number of ether oxygens (including phenoxy) is 3. The zero-order chi connectivity index (χ0) is 32.6. The van der Waals surface area contributed by atoms with Crippen molar-refractivity contribution in [2.24, 2.45) is 0 Å². The minimum Gasteiger partial charge on any atom is -0.507 e. The average molecular weight is 625 g/mol. The Kier molecular flexibility index (Phi) is 8.57.